The zero-order chi connectivity index (χ0) is 21.5. The molecule has 0 saturated carbocycles. The molecule has 1 N–H and O–H groups in total. The summed E-state index contributed by atoms with van der Waals surface area (Å²) in [6, 6.07) is 6.93. The van der Waals surface area contributed by atoms with Crippen LogP contribution >= 0.6 is 11.6 Å². The number of likely N-dealkylation sites (tertiary alicyclic amines) is 3. The summed E-state index contributed by atoms with van der Waals surface area (Å²) in [7, 11) is 0. The Balaban J connectivity index is 1.50. The van der Waals surface area contributed by atoms with Gasteiger partial charge in [0.1, 0.15) is 0 Å². The molecule has 8 heteroatoms. The van der Waals surface area contributed by atoms with Gasteiger partial charge in [-0.05, 0) is 44.4 Å². The summed E-state index contributed by atoms with van der Waals surface area (Å²) in [5.41, 5.74) is -0.103. The third-order valence-electron chi connectivity index (χ3n) is 7.39. The van der Waals surface area contributed by atoms with Crippen LogP contribution in [0.15, 0.2) is 24.3 Å². The molecular weight excluding hydrogens is 404 g/mol. The largest absolute Gasteiger partial charge is 0.342 e. The standard InChI is InChI=1S/C22H29ClN4O3/c1-3-25-12-9-22(19(25)29)15-27(16(2)28)14-21(22)7-10-26(11-8-21)20(30)24-18-6-4-5-17(23)13-18/h4-6,13H,3,7-12,14-15H2,1-2H3,(H,24,30). The molecular formula is C22H29ClN4O3. The number of hydrogen-bond donors (Lipinski definition) is 1. The van der Waals surface area contributed by atoms with Gasteiger partial charge < -0.3 is 20.0 Å². The minimum absolute atomic E-state index is 0.0233. The van der Waals surface area contributed by atoms with Crippen LogP contribution in [0.25, 0.3) is 0 Å². The molecule has 0 aromatic heterocycles. The number of anilines is 1. The summed E-state index contributed by atoms with van der Waals surface area (Å²) in [5.74, 6) is 0.209. The number of fused-ring (bicyclic) bond motifs is 1. The van der Waals surface area contributed by atoms with E-state index in [4.69, 9.17) is 11.6 Å². The van der Waals surface area contributed by atoms with Crippen LogP contribution < -0.4 is 5.32 Å². The normalized spacial score (nSPS) is 25.4. The number of halogens is 1. The molecule has 3 saturated heterocycles. The van der Waals surface area contributed by atoms with Gasteiger partial charge in [0.2, 0.25) is 11.8 Å². The van der Waals surface area contributed by atoms with Gasteiger partial charge in [0.25, 0.3) is 0 Å². The van der Waals surface area contributed by atoms with E-state index in [1.807, 2.05) is 22.8 Å². The van der Waals surface area contributed by atoms with E-state index in [2.05, 4.69) is 5.32 Å². The van der Waals surface area contributed by atoms with Gasteiger partial charge in [0.05, 0.1) is 5.41 Å². The van der Waals surface area contributed by atoms with Gasteiger partial charge >= 0.3 is 6.03 Å². The molecule has 2 spiro atoms. The second-order valence-electron chi connectivity index (χ2n) is 8.80. The summed E-state index contributed by atoms with van der Waals surface area (Å²) in [6.07, 6.45) is 2.24. The highest BCUT2D eigenvalue weighted by Gasteiger charge is 2.65. The summed E-state index contributed by atoms with van der Waals surface area (Å²) >= 11 is 6.01. The van der Waals surface area contributed by atoms with Crippen LogP contribution in [0.3, 0.4) is 0 Å². The number of piperidine rings is 1. The Morgan fingerprint density at radius 3 is 2.43 bits per heavy atom. The molecule has 4 rings (SSSR count). The number of nitrogens with one attached hydrogen (secondary N) is 1. The van der Waals surface area contributed by atoms with Crippen molar-refractivity contribution in [2.24, 2.45) is 10.8 Å². The number of amides is 4. The Bertz CT molecular complexity index is 868. The van der Waals surface area contributed by atoms with Crippen LogP contribution in [0.1, 0.15) is 33.1 Å². The molecule has 30 heavy (non-hydrogen) atoms. The first-order chi connectivity index (χ1) is 14.3. The zero-order valence-corrected chi connectivity index (χ0v) is 18.4. The van der Waals surface area contributed by atoms with Gasteiger partial charge in [-0.2, -0.15) is 0 Å². The van der Waals surface area contributed by atoms with Crippen molar-refractivity contribution in [2.75, 3.05) is 44.6 Å². The third-order valence-corrected chi connectivity index (χ3v) is 7.62. The lowest BCUT2D eigenvalue weighted by Gasteiger charge is -2.46. The van der Waals surface area contributed by atoms with Crippen LogP contribution in [0.4, 0.5) is 10.5 Å². The van der Waals surface area contributed by atoms with E-state index in [-0.39, 0.29) is 23.3 Å². The van der Waals surface area contributed by atoms with Crippen molar-refractivity contribution in [3.05, 3.63) is 29.3 Å². The van der Waals surface area contributed by atoms with E-state index in [0.29, 0.717) is 43.4 Å². The fraction of sp³-hybridized carbons (Fsp3) is 0.591. The monoisotopic (exact) mass is 432 g/mol. The number of urea groups is 1. The van der Waals surface area contributed by atoms with Crippen molar-refractivity contribution in [3.63, 3.8) is 0 Å². The average Bonchev–Trinajstić information content (AvgIpc) is 3.21. The number of carbonyl (C=O) groups excluding carboxylic acids is 3. The van der Waals surface area contributed by atoms with Crippen molar-refractivity contribution in [2.45, 2.75) is 33.1 Å². The predicted molar refractivity (Wildman–Crippen MR) is 115 cm³/mol. The first kappa shape index (κ1) is 21.0. The zero-order valence-electron chi connectivity index (χ0n) is 17.6. The highest BCUT2D eigenvalue weighted by molar-refractivity contribution is 6.30. The molecule has 3 aliphatic heterocycles. The SMILES string of the molecule is CCN1CCC2(CN(C(C)=O)CC23CCN(C(=O)Nc2cccc(Cl)c2)CC3)C1=O. The molecule has 1 unspecified atom stereocenters. The first-order valence-electron chi connectivity index (χ1n) is 10.7. The third kappa shape index (κ3) is 3.33. The van der Waals surface area contributed by atoms with Crippen LogP contribution in [-0.4, -0.2) is 71.8 Å². The van der Waals surface area contributed by atoms with E-state index >= 15 is 0 Å². The molecule has 0 radical (unpaired) electrons. The summed E-state index contributed by atoms with van der Waals surface area (Å²) < 4.78 is 0. The van der Waals surface area contributed by atoms with E-state index < -0.39 is 5.41 Å². The quantitative estimate of drug-likeness (QED) is 0.780. The lowest BCUT2D eigenvalue weighted by atomic mass is 9.60. The van der Waals surface area contributed by atoms with E-state index in [0.717, 1.165) is 25.8 Å². The molecule has 3 fully saturated rings. The van der Waals surface area contributed by atoms with Crippen molar-refractivity contribution >= 4 is 35.1 Å². The molecule has 1 aromatic carbocycles. The summed E-state index contributed by atoms with van der Waals surface area (Å²) in [4.78, 5) is 43.9. The molecule has 1 aromatic rings. The maximum absolute atomic E-state index is 13.4. The van der Waals surface area contributed by atoms with Gasteiger partial charge in [-0.1, -0.05) is 17.7 Å². The maximum Gasteiger partial charge on any atom is 0.321 e. The van der Waals surface area contributed by atoms with Gasteiger partial charge in [-0.15, -0.1) is 0 Å². The first-order valence-corrected chi connectivity index (χ1v) is 11.0. The fourth-order valence-corrected chi connectivity index (χ4v) is 5.80. The number of rotatable bonds is 2. The molecule has 4 amide bonds. The predicted octanol–water partition coefficient (Wildman–Crippen LogP) is 3.05. The minimum atomic E-state index is -0.510. The Morgan fingerprint density at radius 2 is 1.83 bits per heavy atom. The molecule has 7 nitrogen and oxygen atoms in total. The van der Waals surface area contributed by atoms with Crippen LogP contribution in [0.2, 0.25) is 5.02 Å². The maximum atomic E-state index is 13.4. The van der Waals surface area contributed by atoms with Crippen molar-refractivity contribution in [3.8, 4) is 0 Å². The summed E-state index contributed by atoms with van der Waals surface area (Å²) in [6.45, 7) is 7.29. The number of carbonyl (C=O) groups is 3. The minimum Gasteiger partial charge on any atom is -0.342 e. The molecule has 0 bridgehead atoms. The molecule has 0 aliphatic carbocycles. The van der Waals surface area contributed by atoms with Crippen LogP contribution in [0, 0.1) is 10.8 Å². The molecule has 162 valence electrons. The Labute approximate surface area is 182 Å². The van der Waals surface area contributed by atoms with Crippen LogP contribution in [-0.2, 0) is 9.59 Å². The number of nitrogens with zero attached hydrogens (tertiary/aromatic N) is 3. The second kappa shape index (κ2) is 7.76. The van der Waals surface area contributed by atoms with Crippen LogP contribution in [0.5, 0.6) is 0 Å². The van der Waals surface area contributed by atoms with E-state index in [1.165, 1.54) is 0 Å². The lowest BCUT2D eigenvalue weighted by molar-refractivity contribution is -0.141. The molecule has 1 atom stereocenters. The average molecular weight is 433 g/mol. The van der Waals surface area contributed by atoms with E-state index in [1.54, 1.807) is 30.0 Å². The number of hydrogen-bond acceptors (Lipinski definition) is 3. The Morgan fingerprint density at radius 1 is 1.10 bits per heavy atom. The van der Waals surface area contributed by atoms with Crippen molar-refractivity contribution < 1.29 is 14.4 Å². The van der Waals surface area contributed by atoms with Crippen molar-refractivity contribution in [1.82, 2.24) is 14.7 Å². The lowest BCUT2D eigenvalue weighted by Crippen LogP contribution is -2.54. The van der Waals surface area contributed by atoms with Gasteiger partial charge in [-0.25, -0.2) is 4.79 Å². The summed E-state index contributed by atoms with van der Waals surface area (Å²) in [5, 5.41) is 3.48. The van der Waals surface area contributed by atoms with E-state index in [9.17, 15) is 14.4 Å². The van der Waals surface area contributed by atoms with Gasteiger partial charge in [0.15, 0.2) is 0 Å². The Hall–Kier alpha value is -2.28. The van der Waals surface area contributed by atoms with Gasteiger partial charge in [0, 0.05) is 62.3 Å². The number of benzene rings is 1. The molecule has 3 aliphatic rings. The van der Waals surface area contributed by atoms with Crippen molar-refractivity contribution in [1.29, 1.82) is 0 Å². The highest BCUT2D eigenvalue weighted by Crippen LogP contribution is 2.57. The smallest absolute Gasteiger partial charge is 0.321 e. The second-order valence-corrected chi connectivity index (χ2v) is 9.24. The Kier molecular flexibility index (Phi) is 5.43. The highest BCUT2D eigenvalue weighted by atomic mass is 35.5. The topological polar surface area (TPSA) is 73.0 Å². The van der Waals surface area contributed by atoms with Gasteiger partial charge in [-0.3, -0.25) is 9.59 Å². The fourth-order valence-electron chi connectivity index (χ4n) is 5.61. The molecule has 3 heterocycles.